The Morgan fingerprint density at radius 2 is 1.00 bits per heavy atom. The third-order valence-electron chi connectivity index (χ3n) is 3.43. The van der Waals surface area contributed by atoms with Crippen molar-refractivity contribution in [1.29, 1.82) is 0 Å². The van der Waals surface area contributed by atoms with Crippen LogP contribution in [0.15, 0.2) is 0 Å². The molecule has 31 heavy (non-hydrogen) atoms. The minimum Gasteiger partial charge on any atom is -0.759 e. The van der Waals surface area contributed by atoms with Gasteiger partial charge in [0.2, 0.25) is 11.8 Å². The average Bonchev–Trinajstić information content (AvgIpc) is 2.55. The molecule has 0 rings (SSSR count). The van der Waals surface area contributed by atoms with Crippen LogP contribution in [0.2, 0.25) is 0 Å². The summed E-state index contributed by atoms with van der Waals surface area (Å²) in [5.74, 6) is 0.220. The minimum atomic E-state index is -5.17. The van der Waals surface area contributed by atoms with E-state index in [1.807, 2.05) is 0 Å². The van der Waals surface area contributed by atoms with E-state index >= 15 is 0 Å². The molecular formula is C18H44N6O6S. The molecule has 0 bridgehead atoms. The van der Waals surface area contributed by atoms with Crippen LogP contribution < -0.4 is 22.1 Å². The standard InChI is InChI=1S/2C9H21N3O.H2O4S/c2*1-12(2,3)8-7-11-9(13)5-4-6-10;1-5(2,3)4/h2*4-8,10H2,1-3H3;(H2,1,2,3,4). The van der Waals surface area contributed by atoms with Gasteiger partial charge < -0.3 is 40.2 Å². The van der Waals surface area contributed by atoms with Crippen molar-refractivity contribution in [2.24, 2.45) is 11.5 Å². The zero-order valence-electron chi connectivity index (χ0n) is 20.0. The van der Waals surface area contributed by atoms with Gasteiger partial charge in [-0.25, -0.2) is 0 Å². The van der Waals surface area contributed by atoms with Gasteiger partial charge in [-0.1, -0.05) is 0 Å². The lowest BCUT2D eigenvalue weighted by Crippen LogP contribution is -2.41. The molecule has 13 heteroatoms. The fourth-order valence-corrected chi connectivity index (χ4v) is 1.76. The van der Waals surface area contributed by atoms with Crippen molar-refractivity contribution in [3.05, 3.63) is 0 Å². The largest absolute Gasteiger partial charge is 0.759 e. The van der Waals surface area contributed by atoms with Gasteiger partial charge >= 0.3 is 0 Å². The number of likely N-dealkylation sites (N-methyl/N-ethyl adjacent to an activating group) is 2. The fourth-order valence-electron chi connectivity index (χ4n) is 1.76. The molecule has 0 heterocycles. The molecule has 0 saturated carbocycles. The van der Waals surface area contributed by atoms with Crippen molar-refractivity contribution < 1.29 is 36.1 Å². The average molecular weight is 473 g/mol. The Labute approximate surface area is 188 Å². The number of carbonyl (C=O) groups excluding carboxylic acids is 2. The molecule has 2 amide bonds. The number of quaternary nitrogens is 2. The van der Waals surface area contributed by atoms with Crippen LogP contribution in [0.3, 0.4) is 0 Å². The maximum atomic E-state index is 11.1. The molecule has 0 aliphatic heterocycles. The van der Waals surface area contributed by atoms with Gasteiger partial charge in [0.05, 0.1) is 68.5 Å². The number of hydrogen-bond donors (Lipinski definition) is 4. The van der Waals surface area contributed by atoms with Gasteiger partial charge in [-0.05, 0) is 25.9 Å². The Bertz CT molecular complexity index is 529. The van der Waals surface area contributed by atoms with Crippen molar-refractivity contribution in [2.45, 2.75) is 25.7 Å². The number of nitrogens with zero attached hydrogens (tertiary/aromatic N) is 2. The molecule has 0 aliphatic carbocycles. The van der Waals surface area contributed by atoms with Crippen LogP contribution in [0.4, 0.5) is 0 Å². The number of nitrogens with two attached hydrogens (primary N) is 2. The van der Waals surface area contributed by atoms with E-state index in [0.717, 1.165) is 48.0 Å². The van der Waals surface area contributed by atoms with Crippen molar-refractivity contribution in [3.63, 3.8) is 0 Å². The monoisotopic (exact) mass is 472 g/mol. The van der Waals surface area contributed by atoms with Gasteiger partial charge in [0.25, 0.3) is 0 Å². The first-order valence-electron chi connectivity index (χ1n) is 10.1. The summed E-state index contributed by atoms with van der Waals surface area (Å²) in [4.78, 5) is 22.2. The van der Waals surface area contributed by atoms with Crippen LogP contribution in [0.25, 0.3) is 0 Å². The van der Waals surface area contributed by atoms with Gasteiger partial charge in [0, 0.05) is 23.2 Å². The molecule has 0 fully saturated rings. The van der Waals surface area contributed by atoms with Gasteiger partial charge in [-0.2, -0.15) is 0 Å². The smallest absolute Gasteiger partial charge is 0.220 e. The first kappa shape index (κ1) is 34.3. The first-order chi connectivity index (χ1) is 13.9. The highest BCUT2D eigenvalue weighted by molar-refractivity contribution is 7.79. The molecule has 0 spiro atoms. The third kappa shape index (κ3) is 47.7. The fraction of sp³-hybridized carbons (Fsp3) is 0.889. The van der Waals surface area contributed by atoms with Gasteiger partial charge in [0.15, 0.2) is 0 Å². The first-order valence-corrected chi connectivity index (χ1v) is 11.5. The van der Waals surface area contributed by atoms with E-state index in [1.165, 1.54) is 0 Å². The van der Waals surface area contributed by atoms with Crippen LogP contribution in [-0.2, 0) is 20.0 Å². The molecule has 12 nitrogen and oxygen atoms in total. The van der Waals surface area contributed by atoms with E-state index in [-0.39, 0.29) is 11.8 Å². The summed E-state index contributed by atoms with van der Waals surface area (Å²) in [5.41, 5.74) is 10.6. The second kappa shape index (κ2) is 18.2. The molecule has 0 aromatic heterocycles. The van der Waals surface area contributed by atoms with E-state index in [0.29, 0.717) is 25.9 Å². The maximum Gasteiger partial charge on any atom is 0.220 e. The normalized spacial score (nSPS) is 11.4. The lowest BCUT2D eigenvalue weighted by Gasteiger charge is -2.23. The quantitative estimate of drug-likeness (QED) is 0.139. The molecule has 0 unspecified atom stereocenters. The molecule has 0 aliphatic rings. The van der Waals surface area contributed by atoms with Crippen LogP contribution in [0, 0.1) is 0 Å². The van der Waals surface area contributed by atoms with Gasteiger partial charge in [-0.15, -0.1) is 0 Å². The van der Waals surface area contributed by atoms with Crippen LogP contribution >= 0.6 is 0 Å². The second-order valence-corrected chi connectivity index (χ2v) is 9.74. The highest BCUT2D eigenvalue weighted by Crippen LogP contribution is 1.89. The lowest BCUT2D eigenvalue weighted by atomic mass is 10.3. The Morgan fingerprint density at radius 1 is 0.742 bits per heavy atom. The van der Waals surface area contributed by atoms with E-state index in [9.17, 15) is 9.59 Å². The summed E-state index contributed by atoms with van der Waals surface area (Å²) in [6.07, 6.45) is 2.65. The molecule has 0 aromatic carbocycles. The van der Waals surface area contributed by atoms with Gasteiger partial charge in [-0.3, -0.25) is 18.0 Å². The van der Waals surface area contributed by atoms with Crippen molar-refractivity contribution in [1.82, 2.24) is 10.6 Å². The van der Waals surface area contributed by atoms with Crippen molar-refractivity contribution in [3.8, 4) is 0 Å². The van der Waals surface area contributed by atoms with E-state index < -0.39 is 10.4 Å². The summed E-state index contributed by atoms with van der Waals surface area (Å²) >= 11 is 0. The Morgan fingerprint density at radius 3 is 1.19 bits per heavy atom. The molecule has 0 radical (unpaired) electrons. The highest BCUT2D eigenvalue weighted by Gasteiger charge is 2.08. The molecule has 0 aromatic rings. The summed E-state index contributed by atoms with van der Waals surface area (Å²) in [6.45, 7) is 4.56. The summed E-state index contributed by atoms with van der Waals surface area (Å²) in [6, 6.07) is 0. The molecule has 6 N–H and O–H groups in total. The van der Waals surface area contributed by atoms with Crippen LogP contribution in [-0.4, -0.2) is 120 Å². The number of rotatable bonds is 12. The Kier molecular flexibility index (Phi) is 20.2. The second-order valence-electron chi connectivity index (χ2n) is 8.92. The predicted octanol–water partition coefficient (Wildman–Crippen LogP) is -2.24. The lowest BCUT2D eigenvalue weighted by molar-refractivity contribution is -0.869. The topological polar surface area (TPSA) is 190 Å². The van der Waals surface area contributed by atoms with Crippen LogP contribution in [0.5, 0.6) is 0 Å². The summed E-state index contributed by atoms with van der Waals surface area (Å²) in [5, 5.41) is 5.73. The Hall–Kier alpha value is -1.35. The number of hydrogen-bond acceptors (Lipinski definition) is 8. The zero-order chi connectivity index (χ0) is 25.1. The predicted molar refractivity (Wildman–Crippen MR) is 119 cm³/mol. The molecule has 0 saturated heterocycles. The van der Waals surface area contributed by atoms with E-state index in [2.05, 4.69) is 52.9 Å². The SMILES string of the molecule is C[N+](C)(C)CCNC(=O)CCCN.C[N+](C)(C)CCNC(=O)CCCN.O=S(=O)([O-])[O-]. The number of amides is 2. The maximum absolute atomic E-state index is 11.1. The van der Waals surface area contributed by atoms with E-state index in [1.54, 1.807) is 0 Å². The van der Waals surface area contributed by atoms with Gasteiger partial charge in [0.1, 0.15) is 0 Å². The Balaban J connectivity index is -0.000000416. The molecule has 188 valence electrons. The third-order valence-corrected chi connectivity index (χ3v) is 3.43. The summed E-state index contributed by atoms with van der Waals surface area (Å²) in [7, 11) is 7.45. The highest BCUT2D eigenvalue weighted by atomic mass is 32.3. The molecular weight excluding hydrogens is 428 g/mol. The van der Waals surface area contributed by atoms with Crippen molar-refractivity contribution in [2.75, 3.05) is 81.6 Å². The zero-order valence-corrected chi connectivity index (χ0v) is 20.8. The van der Waals surface area contributed by atoms with E-state index in [4.69, 9.17) is 29.0 Å². The van der Waals surface area contributed by atoms with Crippen LogP contribution in [0.1, 0.15) is 25.7 Å². The van der Waals surface area contributed by atoms with Crippen molar-refractivity contribution >= 4 is 22.2 Å². The number of carbonyl (C=O) groups is 2. The minimum absolute atomic E-state index is 0.110. The number of nitrogens with one attached hydrogen (secondary N) is 2. The molecule has 0 atom stereocenters. The summed E-state index contributed by atoms with van der Waals surface area (Å²) < 4.78 is 35.8.